The molecule has 1 saturated heterocycles. The number of methoxy groups -OCH3 is 1. The van der Waals surface area contributed by atoms with E-state index >= 15 is 0 Å². The molecule has 5 nitrogen and oxygen atoms in total. The molecule has 0 bridgehead atoms. The molecule has 0 spiro atoms. The standard InChI is InChI=1S/C15H20N2O3/c1-3-17-13(18)9-8-12(15(16)19)14(17)10-4-6-11(20-2)7-5-10/h4-7,12,14H,3,8-9H2,1-2H3,(H2,16,19)/t12-,14-/m0/s1. The summed E-state index contributed by atoms with van der Waals surface area (Å²) in [6.07, 6.45) is 0.898. The maximum Gasteiger partial charge on any atom is 0.223 e. The number of carbonyl (C=O) groups excluding carboxylic acids is 2. The molecular formula is C15H20N2O3. The largest absolute Gasteiger partial charge is 0.497 e. The van der Waals surface area contributed by atoms with Crippen LogP contribution < -0.4 is 10.5 Å². The van der Waals surface area contributed by atoms with Crippen molar-refractivity contribution in [1.29, 1.82) is 0 Å². The Morgan fingerprint density at radius 2 is 2.05 bits per heavy atom. The van der Waals surface area contributed by atoms with Crippen molar-refractivity contribution in [2.75, 3.05) is 13.7 Å². The van der Waals surface area contributed by atoms with E-state index in [2.05, 4.69) is 0 Å². The highest BCUT2D eigenvalue weighted by Gasteiger charge is 2.38. The first-order chi connectivity index (χ1) is 9.58. The quantitative estimate of drug-likeness (QED) is 0.905. The summed E-state index contributed by atoms with van der Waals surface area (Å²) in [4.78, 5) is 25.5. The van der Waals surface area contributed by atoms with Gasteiger partial charge < -0.3 is 15.4 Å². The zero-order valence-corrected chi connectivity index (χ0v) is 11.8. The number of carbonyl (C=O) groups is 2. The Morgan fingerprint density at radius 1 is 1.40 bits per heavy atom. The minimum absolute atomic E-state index is 0.0748. The number of piperidine rings is 1. The van der Waals surface area contributed by atoms with E-state index in [0.29, 0.717) is 19.4 Å². The average molecular weight is 276 g/mol. The highest BCUT2D eigenvalue weighted by molar-refractivity contribution is 5.84. The van der Waals surface area contributed by atoms with E-state index in [9.17, 15) is 9.59 Å². The van der Waals surface area contributed by atoms with Crippen LogP contribution in [0.15, 0.2) is 24.3 Å². The zero-order valence-electron chi connectivity index (χ0n) is 11.8. The van der Waals surface area contributed by atoms with Gasteiger partial charge in [0.1, 0.15) is 5.75 Å². The number of hydrogen-bond donors (Lipinski definition) is 1. The van der Waals surface area contributed by atoms with Crippen LogP contribution in [-0.2, 0) is 9.59 Å². The van der Waals surface area contributed by atoms with Gasteiger partial charge in [-0.15, -0.1) is 0 Å². The third-order valence-corrected chi connectivity index (χ3v) is 3.87. The lowest BCUT2D eigenvalue weighted by Gasteiger charge is -2.39. The first kappa shape index (κ1) is 14.4. The summed E-state index contributed by atoms with van der Waals surface area (Å²) in [5.74, 6) is 0.137. The van der Waals surface area contributed by atoms with Gasteiger partial charge in [0.05, 0.1) is 19.1 Å². The molecule has 0 unspecified atom stereocenters. The molecule has 5 heteroatoms. The average Bonchev–Trinajstić information content (AvgIpc) is 2.46. The van der Waals surface area contributed by atoms with Crippen molar-refractivity contribution in [2.45, 2.75) is 25.8 Å². The molecular weight excluding hydrogens is 256 g/mol. The summed E-state index contributed by atoms with van der Waals surface area (Å²) in [6.45, 7) is 2.48. The minimum atomic E-state index is -0.350. The van der Waals surface area contributed by atoms with Crippen molar-refractivity contribution >= 4 is 11.8 Å². The first-order valence-corrected chi connectivity index (χ1v) is 6.81. The molecule has 2 atom stereocenters. The summed E-state index contributed by atoms with van der Waals surface area (Å²) >= 11 is 0. The topological polar surface area (TPSA) is 72.6 Å². The molecule has 1 fully saturated rings. The molecule has 20 heavy (non-hydrogen) atoms. The van der Waals surface area contributed by atoms with Crippen LogP contribution in [-0.4, -0.2) is 30.4 Å². The lowest BCUT2D eigenvalue weighted by atomic mass is 9.84. The lowest BCUT2D eigenvalue weighted by molar-refractivity contribution is -0.142. The van der Waals surface area contributed by atoms with E-state index in [1.54, 1.807) is 12.0 Å². The monoisotopic (exact) mass is 276 g/mol. The third-order valence-electron chi connectivity index (χ3n) is 3.87. The van der Waals surface area contributed by atoms with Gasteiger partial charge in [-0.25, -0.2) is 0 Å². The minimum Gasteiger partial charge on any atom is -0.497 e. The van der Waals surface area contributed by atoms with Crippen LogP contribution in [0.25, 0.3) is 0 Å². The molecule has 2 amide bonds. The fourth-order valence-corrected chi connectivity index (χ4v) is 2.84. The Bertz CT molecular complexity index is 496. The van der Waals surface area contributed by atoms with Crippen molar-refractivity contribution in [2.24, 2.45) is 11.7 Å². The number of amides is 2. The molecule has 2 rings (SSSR count). The van der Waals surface area contributed by atoms with Crippen molar-refractivity contribution in [1.82, 2.24) is 4.90 Å². The van der Waals surface area contributed by atoms with Crippen LogP contribution in [0.1, 0.15) is 31.4 Å². The van der Waals surface area contributed by atoms with Crippen molar-refractivity contribution in [3.8, 4) is 5.75 Å². The SMILES string of the molecule is CCN1C(=O)CC[C@H](C(N)=O)[C@@H]1c1ccc(OC)cc1. The van der Waals surface area contributed by atoms with Crippen LogP contribution in [0.4, 0.5) is 0 Å². The highest BCUT2D eigenvalue weighted by atomic mass is 16.5. The van der Waals surface area contributed by atoms with Crippen LogP contribution >= 0.6 is 0 Å². The number of likely N-dealkylation sites (tertiary alicyclic amines) is 1. The fraction of sp³-hybridized carbons (Fsp3) is 0.467. The van der Waals surface area contributed by atoms with Gasteiger partial charge in [0.15, 0.2) is 0 Å². The summed E-state index contributed by atoms with van der Waals surface area (Å²) in [7, 11) is 1.60. The molecule has 1 aromatic rings. The summed E-state index contributed by atoms with van der Waals surface area (Å²) < 4.78 is 5.13. The van der Waals surface area contributed by atoms with Crippen molar-refractivity contribution in [3.05, 3.63) is 29.8 Å². The smallest absolute Gasteiger partial charge is 0.223 e. The molecule has 1 aliphatic heterocycles. The second kappa shape index (κ2) is 5.94. The molecule has 1 aromatic carbocycles. The molecule has 0 aromatic heterocycles. The third kappa shape index (κ3) is 2.61. The highest BCUT2D eigenvalue weighted by Crippen LogP contribution is 2.36. The first-order valence-electron chi connectivity index (χ1n) is 6.81. The van der Waals surface area contributed by atoms with Gasteiger partial charge in [-0.2, -0.15) is 0 Å². The summed E-state index contributed by atoms with van der Waals surface area (Å²) in [5.41, 5.74) is 6.43. The van der Waals surface area contributed by atoms with Gasteiger partial charge in [0.25, 0.3) is 0 Å². The van der Waals surface area contributed by atoms with Gasteiger partial charge in [-0.05, 0) is 31.0 Å². The van der Waals surface area contributed by atoms with E-state index in [-0.39, 0.29) is 23.8 Å². The normalized spacial score (nSPS) is 22.7. The Hall–Kier alpha value is -2.04. The zero-order chi connectivity index (χ0) is 14.7. The number of hydrogen-bond acceptors (Lipinski definition) is 3. The predicted molar refractivity (Wildman–Crippen MR) is 75.0 cm³/mol. The van der Waals surface area contributed by atoms with E-state index in [0.717, 1.165) is 11.3 Å². The molecule has 1 aliphatic rings. The number of benzene rings is 1. The summed E-state index contributed by atoms with van der Waals surface area (Å²) in [5, 5.41) is 0. The maximum atomic E-state index is 12.0. The van der Waals surface area contributed by atoms with Gasteiger partial charge >= 0.3 is 0 Å². The van der Waals surface area contributed by atoms with Gasteiger partial charge in [-0.3, -0.25) is 9.59 Å². The molecule has 0 saturated carbocycles. The van der Waals surface area contributed by atoms with Crippen LogP contribution in [0.2, 0.25) is 0 Å². The Labute approximate surface area is 118 Å². The number of ether oxygens (including phenoxy) is 1. The number of primary amides is 1. The second-order valence-corrected chi connectivity index (χ2v) is 4.95. The van der Waals surface area contributed by atoms with E-state index < -0.39 is 0 Å². The number of nitrogens with zero attached hydrogens (tertiary/aromatic N) is 1. The van der Waals surface area contributed by atoms with Crippen LogP contribution in [0.3, 0.4) is 0 Å². The van der Waals surface area contributed by atoms with Crippen molar-refractivity contribution < 1.29 is 14.3 Å². The Morgan fingerprint density at radius 3 is 2.55 bits per heavy atom. The molecule has 1 heterocycles. The second-order valence-electron chi connectivity index (χ2n) is 4.95. The van der Waals surface area contributed by atoms with E-state index in [1.807, 2.05) is 31.2 Å². The van der Waals surface area contributed by atoms with Crippen LogP contribution in [0.5, 0.6) is 5.75 Å². The Balaban J connectivity index is 2.38. The molecule has 108 valence electrons. The molecule has 2 N–H and O–H groups in total. The number of nitrogens with two attached hydrogens (primary N) is 1. The van der Waals surface area contributed by atoms with Gasteiger partial charge in [0.2, 0.25) is 11.8 Å². The van der Waals surface area contributed by atoms with Crippen LogP contribution in [0, 0.1) is 5.92 Å². The summed E-state index contributed by atoms with van der Waals surface area (Å²) in [6, 6.07) is 7.17. The van der Waals surface area contributed by atoms with Gasteiger partial charge in [-0.1, -0.05) is 12.1 Å². The Kier molecular flexibility index (Phi) is 4.27. The van der Waals surface area contributed by atoms with E-state index in [4.69, 9.17) is 10.5 Å². The molecule has 0 radical (unpaired) electrons. The van der Waals surface area contributed by atoms with Crippen molar-refractivity contribution in [3.63, 3.8) is 0 Å². The van der Waals surface area contributed by atoms with E-state index in [1.165, 1.54) is 0 Å². The maximum absolute atomic E-state index is 12.0. The fourth-order valence-electron chi connectivity index (χ4n) is 2.84. The number of rotatable bonds is 4. The molecule has 0 aliphatic carbocycles. The predicted octanol–water partition coefficient (Wildman–Crippen LogP) is 1.48. The lowest BCUT2D eigenvalue weighted by Crippen LogP contribution is -2.46. The van der Waals surface area contributed by atoms with Gasteiger partial charge in [0, 0.05) is 13.0 Å².